The Hall–Kier alpha value is -4.62. The zero-order valence-electron chi connectivity index (χ0n) is 34.8. The first kappa shape index (κ1) is 43.9. The topological polar surface area (TPSA) is 216 Å². The van der Waals surface area contributed by atoms with E-state index in [1.165, 1.54) is 38.9 Å². The number of hydrogen-bond donors (Lipinski definition) is 2. The van der Waals surface area contributed by atoms with Crippen LogP contribution in [0.3, 0.4) is 0 Å². The number of fused-ring (bicyclic) bond motifs is 6. The molecular weight excluding hydrogens is 761 g/mol. The van der Waals surface area contributed by atoms with Crippen molar-refractivity contribution < 1.29 is 47.6 Å². The van der Waals surface area contributed by atoms with Crippen LogP contribution in [-0.4, -0.2) is 74.5 Å². The van der Waals surface area contributed by atoms with Crippen molar-refractivity contribution in [2.75, 3.05) is 33.5 Å². The molecule has 15 nitrogen and oxygen atoms in total. The second kappa shape index (κ2) is 19.2. The first-order valence-electron chi connectivity index (χ1n) is 21.3. The van der Waals surface area contributed by atoms with Gasteiger partial charge in [-0.1, -0.05) is 25.9 Å². The normalized spacial score (nSPS) is 29.4. The van der Waals surface area contributed by atoms with Gasteiger partial charge in [-0.25, -0.2) is 9.59 Å². The van der Waals surface area contributed by atoms with Gasteiger partial charge in [0, 0.05) is 35.4 Å². The van der Waals surface area contributed by atoms with Gasteiger partial charge in [0.1, 0.15) is 30.1 Å². The SMILES string of the molecule is COc1ccc2c(CC(=O)NC(CC(=O)O)C(=O)O[C@@H]3CC[C@@]4(C)[C@H](CC[C@@H]5[C@@H]4CC[C@]4(C)C(C(C)CCC(=O)OCCOCCN=[N+]=[N-])CC[C@@H]54)C3)cc(=O)oc2c1. The van der Waals surface area contributed by atoms with Crippen LogP contribution in [0, 0.1) is 46.3 Å². The summed E-state index contributed by atoms with van der Waals surface area (Å²) < 4.78 is 27.2. The van der Waals surface area contributed by atoms with Crippen LogP contribution >= 0.6 is 0 Å². The lowest BCUT2D eigenvalue weighted by atomic mass is 9.44. The maximum absolute atomic E-state index is 13.5. The fraction of sp³-hybridized carbons (Fsp3) is 0.705. The molecule has 1 amide bonds. The highest BCUT2D eigenvalue weighted by molar-refractivity contribution is 5.91. The number of nitrogens with one attached hydrogen (secondary N) is 1. The number of rotatable bonds is 18. The predicted molar refractivity (Wildman–Crippen MR) is 216 cm³/mol. The third-order valence-corrected chi connectivity index (χ3v) is 14.7. The molecule has 1 aromatic carbocycles. The number of carboxylic acid groups (broad SMARTS) is 1. The molecule has 1 heterocycles. The second-order valence-corrected chi connectivity index (χ2v) is 17.9. The highest BCUT2D eigenvalue weighted by Crippen LogP contribution is 2.68. The number of ether oxygens (including phenoxy) is 4. The Morgan fingerprint density at radius 1 is 1.02 bits per heavy atom. The van der Waals surface area contributed by atoms with Gasteiger partial charge < -0.3 is 33.8 Å². The van der Waals surface area contributed by atoms with Crippen molar-refractivity contribution in [3.8, 4) is 5.75 Å². The van der Waals surface area contributed by atoms with Gasteiger partial charge in [-0.15, -0.1) is 0 Å². The number of carboxylic acids is 1. The van der Waals surface area contributed by atoms with Crippen molar-refractivity contribution in [3.05, 3.63) is 50.7 Å². The lowest BCUT2D eigenvalue weighted by molar-refractivity contribution is -0.167. The van der Waals surface area contributed by atoms with Crippen LogP contribution in [0.15, 0.2) is 38.6 Å². The van der Waals surface area contributed by atoms with E-state index in [2.05, 4.69) is 36.1 Å². The van der Waals surface area contributed by atoms with Crippen molar-refractivity contribution in [2.45, 2.75) is 116 Å². The molecule has 322 valence electrons. The predicted octanol–water partition coefficient (Wildman–Crippen LogP) is 7.16. The third-order valence-electron chi connectivity index (χ3n) is 14.7. The maximum atomic E-state index is 13.5. The second-order valence-electron chi connectivity index (χ2n) is 17.9. The molecule has 4 fully saturated rings. The number of esters is 2. The Bertz CT molecular complexity index is 1960. The summed E-state index contributed by atoms with van der Waals surface area (Å²) in [5, 5.41) is 16.2. The molecule has 59 heavy (non-hydrogen) atoms. The molecule has 6 rings (SSSR count). The Kier molecular flexibility index (Phi) is 14.3. The van der Waals surface area contributed by atoms with Gasteiger partial charge in [-0.05, 0) is 134 Å². The highest BCUT2D eigenvalue weighted by Gasteiger charge is 2.60. The number of benzene rings is 1. The van der Waals surface area contributed by atoms with Gasteiger partial charge in [0.15, 0.2) is 0 Å². The van der Waals surface area contributed by atoms with E-state index in [0.717, 1.165) is 25.7 Å². The standard InChI is InChI=1S/C44H60N4O11/c1-26(5-12-40(52)57-20-19-56-18-17-46-48-45)33-10-11-34-32-8-6-28-23-30(13-15-43(28,2)35(32)14-16-44(33,34)3)58-42(54)36(25-39(50)51)47-38(49)21-27-22-41(53)59-37-24-29(55-4)7-9-31(27)37/h7,9,22,24,26,28,30,32-36H,5-6,8,10-21,23,25H2,1-4H3,(H,47,49)(H,50,51)/t26?,28-,30-,32+,33?,34+,35+,36?,43+,44-/m1/s1. The van der Waals surface area contributed by atoms with Crippen molar-refractivity contribution in [3.63, 3.8) is 0 Å². The summed E-state index contributed by atoms with van der Waals surface area (Å²) in [6.07, 6.45) is 9.18. The number of carbonyl (C=O) groups excluding carboxylic acids is 3. The Labute approximate surface area is 344 Å². The summed E-state index contributed by atoms with van der Waals surface area (Å²) in [6, 6.07) is 4.74. The van der Waals surface area contributed by atoms with Gasteiger partial charge in [0.25, 0.3) is 0 Å². The van der Waals surface area contributed by atoms with E-state index >= 15 is 0 Å². The number of nitrogens with zero attached hydrogens (tertiary/aromatic N) is 3. The molecule has 0 saturated heterocycles. The van der Waals surface area contributed by atoms with Crippen molar-refractivity contribution in [1.29, 1.82) is 0 Å². The Morgan fingerprint density at radius 3 is 2.56 bits per heavy atom. The fourth-order valence-electron chi connectivity index (χ4n) is 11.9. The summed E-state index contributed by atoms with van der Waals surface area (Å²) in [7, 11) is 1.49. The number of hydrogen-bond acceptors (Lipinski definition) is 11. The molecule has 4 saturated carbocycles. The van der Waals surface area contributed by atoms with Crippen LogP contribution in [-0.2, 0) is 39.8 Å². The van der Waals surface area contributed by atoms with Crippen molar-refractivity contribution in [2.24, 2.45) is 51.5 Å². The van der Waals surface area contributed by atoms with Gasteiger partial charge >= 0.3 is 23.5 Å². The van der Waals surface area contributed by atoms with E-state index in [1.54, 1.807) is 18.2 Å². The van der Waals surface area contributed by atoms with Crippen LogP contribution in [0.1, 0.15) is 103 Å². The average Bonchev–Trinajstić information content (AvgIpc) is 3.56. The van der Waals surface area contributed by atoms with Gasteiger partial charge in [0.05, 0.1) is 33.2 Å². The van der Waals surface area contributed by atoms with Gasteiger partial charge in [-0.3, -0.25) is 14.4 Å². The number of azide groups is 1. The summed E-state index contributed by atoms with van der Waals surface area (Å²) in [4.78, 5) is 66.1. The van der Waals surface area contributed by atoms with Crippen molar-refractivity contribution >= 4 is 34.8 Å². The molecule has 0 bridgehead atoms. The van der Waals surface area contributed by atoms with E-state index in [-0.39, 0.29) is 54.7 Å². The molecule has 0 aliphatic heterocycles. The molecular formula is C44H60N4O11. The minimum atomic E-state index is -1.38. The first-order valence-corrected chi connectivity index (χ1v) is 21.3. The monoisotopic (exact) mass is 820 g/mol. The lowest BCUT2D eigenvalue weighted by Gasteiger charge is -2.61. The van der Waals surface area contributed by atoms with E-state index in [9.17, 15) is 29.1 Å². The van der Waals surface area contributed by atoms with E-state index in [1.807, 2.05) is 0 Å². The number of amides is 1. The van der Waals surface area contributed by atoms with Gasteiger partial charge in [-0.2, -0.15) is 0 Å². The summed E-state index contributed by atoms with van der Waals surface area (Å²) in [6.45, 7) is 8.26. The first-order chi connectivity index (χ1) is 28.2. The highest BCUT2D eigenvalue weighted by atomic mass is 16.6. The van der Waals surface area contributed by atoms with Crippen LogP contribution in [0.2, 0.25) is 0 Å². The molecule has 4 aliphatic rings. The lowest BCUT2D eigenvalue weighted by Crippen LogP contribution is -2.54. The molecule has 2 aromatic rings. The van der Waals surface area contributed by atoms with Crippen molar-refractivity contribution in [1.82, 2.24) is 5.32 Å². The maximum Gasteiger partial charge on any atom is 0.336 e. The molecule has 15 heteroatoms. The number of methoxy groups -OCH3 is 1. The van der Waals surface area contributed by atoms with Gasteiger partial charge in [0.2, 0.25) is 5.91 Å². The zero-order chi connectivity index (χ0) is 42.3. The van der Waals surface area contributed by atoms with Crippen LogP contribution in [0.4, 0.5) is 0 Å². The molecule has 10 atom stereocenters. The summed E-state index contributed by atoms with van der Waals surface area (Å²) in [5.41, 5.74) is 8.67. The van der Waals surface area contributed by atoms with Crippen LogP contribution in [0.5, 0.6) is 5.75 Å². The molecule has 4 aliphatic carbocycles. The van der Waals surface area contributed by atoms with E-state index in [4.69, 9.17) is 28.9 Å². The molecule has 0 spiro atoms. The molecule has 2 N–H and O–H groups in total. The molecule has 3 unspecified atom stereocenters. The summed E-state index contributed by atoms with van der Waals surface area (Å²) in [5.74, 6) is 0.874. The smallest absolute Gasteiger partial charge is 0.336 e. The van der Waals surface area contributed by atoms with E-state index < -0.39 is 35.9 Å². The minimum absolute atomic E-state index is 0.122. The average molecular weight is 821 g/mol. The number of aliphatic carboxylic acids is 1. The van der Waals surface area contributed by atoms with Crippen LogP contribution in [0.25, 0.3) is 21.4 Å². The van der Waals surface area contributed by atoms with E-state index in [0.29, 0.717) is 78.1 Å². The quantitative estimate of drug-likeness (QED) is 0.0384. The van der Waals surface area contributed by atoms with Crippen LogP contribution < -0.4 is 15.7 Å². The minimum Gasteiger partial charge on any atom is -0.497 e. The third kappa shape index (κ3) is 10.1. The number of carbonyl (C=O) groups is 4. The molecule has 0 radical (unpaired) electrons. The largest absolute Gasteiger partial charge is 0.497 e. The fourth-order valence-corrected chi connectivity index (χ4v) is 11.9. The Morgan fingerprint density at radius 2 is 1.80 bits per heavy atom. The zero-order valence-corrected chi connectivity index (χ0v) is 34.8. The Balaban J connectivity index is 1.01. The molecule has 1 aromatic heterocycles. The summed E-state index contributed by atoms with van der Waals surface area (Å²) >= 11 is 0.